The zero-order valence-corrected chi connectivity index (χ0v) is 12.2. The van der Waals surface area contributed by atoms with Crippen molar-refractivity contribution in [2.75, 3.05) is 26.3 Å². The number of aromatic amines is 1. The minimum Gasteiger partial charge on any atom is -0.381 e. The summed E-state index contributed by atoms with van der Waals surface area (Å²) in [6.07, 6.45) is 5.42. The second kappa shape index (κ2) is 5.95. The van der Waals surface area contributed by atoms with E-state index in [9.17, 15) is 4.79 Å². The van der Waals surface area contributed by atoms with E-state index < -0.39 is 0 Å². The third-order valence-electron chi connectivity index (χ3n) is 4.39. The Balaban J connectivity index is 1.66. The molecule has 2 aliphatic rings. The van der Waals surface area contributed by atoms with Crippen LogP contribution < -0.4 is 0 Å². The molecule has 1 atom stereocenters. The number of nitrogens with zero attached hydrogens (tertiary/aromatic N) is 2. The van der Waals surface area contributed by atoms with Crippen LogP contribution in [0.2, 0.25) is 0 Å². The van der Waals surface area contributed by atoms with Crippen LogP contribution in [-0.4, -0.2) is 47.3 Å². The van der Waals surface area contributed by atoms with Gasteiger partial charge in [0.15, 0.2) is 5.69 Å². The molecule has 5 heteroatoms. The van der Waals surface area contributed by atoms with E-state index in [0.29, 0.717) is 11.6 Å². The lowest BCUT2D eigenvalue weighted by Gasteiger charge is -2.17. The Morgan fingerprint density at radius 2 is 2.30 bits per heavy atom. The number of fused-ring (bicyclic) bond motifs is 1. The molecule has 0 spiro atoms. The van der Waals surface area contributed by atoms with Gasteiger partial charge in [-0.1, -0.05) is 0 Å². The average Bonchev–Trinajstić information content (AvgIpc) is 3.11. The zero-order chi connectivity index (χ0) is 13.9. The molecule has 5 nitrogen and oxygen atoms in total. The first-order valence-corrected chi connectivity index (χ1v) is 7.72. The maximum absolute atomic E-state index is 12.6. The van der Waals surface area contributed by atoms with Crippen LogP contribution in [0.3, 0.4) is 0 Å². The first-order valence-electron chi connectivity index (χ1n) is 7.72. The number of carbonyl (C=O) groups excluding carboxylic acids is 1. The smallest absolute Gasteiger partial charge is 0.274 e. The molecule has 0 saturated carbocycles. The van der Waals surface area contributed by atoms with Gasteiger partial charge in [-0.15, -0.1) is 0 Å². The molecule has 20 heavy (non-hydrogen) atoms. The molecule has 1 aliphatic heterocycles. The molecular formula is C15H23N3O2. The summed E-state index contributed by atoms with van der Waals surface area (Å²) in [4.78, 5) is 14.5. The molecule has 1 aromatic rings. The largest absolute Gasteiger partial charge is 0.381 e. The molecule has 1 amide bonds. The predicted molar refractivity (Wildman–Crippen MR) is 75.7 cm³/mol. The quantitative estimate of drug-likeness (QED) is 0.912. The highest BCUT2D eigenvalue weighted by atomic mass is 16.5. The molecule has 1 aromatic heterocycles. The van der Waals surface area contributed by atoms with E-state index in [1.54, 1.807) is 0 Å². The first kappa shape index (κ1) is 13.6. The molecular weight excluding hydrogens is 254 g/mol. The Bertz CT molecular complexity index is 483. The number of hydrogen-bond donors (Lipinski definition) is 1. The summed E-state index contributed by atoms with van der Waals surface area (Å²) in [6.45, 7) is 5.16. The van der Waals surface area contributed by atoms with Crippen molar-refractivity contribution in [2.45, 2.75) is 39.0 Å². The number of hydrogen-bond acceptors (Lipinski definition) is 3. The standard InChI is InChI=1S/C15H23N3O2/c1-2-20-10-11-7-8-18(9-11)15(19)14-12-5-3-4-6-13(12)16-17-14/h11H,2-10H2,1H3,(H,16,17)/t11-/m0/s1. The number of rotatable bonds is 4. The van der Waals surface area contributed by atoms with Gasteiger partial charge in [0, 0.05) is 36.9 Å². The fourth-order valence-electron chi connectivity index (χ4n) is 3.25. The van der Waals surface area contributed by atoms with Crippen LogP contribution in [0, 0.1) is 5.92 Å². The van der Waals surface area contributed by atoms with Crippen molar-refractivity contribution >= 4 is 5.91 Å². The van der Waals surface area contributed by atoms with E-state index >= 15 is 0 Å². The molecule has 0 bridgehead atoms. The van der Waals surface area contributed by atoms with Crippen LogP contribution in [-0.2, 0) is 17.6 Å². The topological polar surface area (TPSA) is 58.2 Å². The van der Waals surface area contributed by atoms with Gasteiger partial charge >= 0.3 is 0 Å². The molecule has 0 aromatic carbocycles. The lowest BCUT2D eigenvalue weighted by Crippen LogP contribution is -2.30. The first-order chi connectivity index (χ1) is 9.79. The van der Waals surface area contributed by atoms with Crippen molar-refractivity contribution in [1.82, 2.24) is 15.1 Å². The number of likely N-dealkylation sites (tertiary alicyclic amines) is 1. The maximum atomic E-state index is 12.6. The molecule has 1 saturated heterocycles. The van der Waals surface area contributed by atoms with Gasteiger partial charge in [0.1, 0.15) is 0 Å². The van der Waals surface area contributed by atoms with Gasteiger partial charge < -0.3 is 9.64 Å². The van der Waals surface area contributed by atoms with E-state index in [2.05, 4.69) is 10.2 Å². The number of ether oxygens (including phenoxy) is 1. The van der Waals surface area contributed by atoms with Crippen LogP contribution >= 0.6 is 0 Å². The molecule has 0 unspecified atom stereocenters. The Kier molecular flexibility index (Phi) is 4.05. The molecule has 1 fully saturated rings. The van der Waals surface area contributed by atoms with Crippen LogP contribution in [0.15, 0.2) is 0 Å². The van der Waals surface area contributed by atoms with Crippen LogP contribution in [0.1, 0.15) is 47.9 Å². The lowest BCUT2D eigenvalue weighted by molar-refractivity contribution is 0.0756. The molecule has 0 radical (unpaired) electrons. The van der Waals surface area contributed by atoms with Gasteiger partial charge in [-0.05, 0) is 39.0 Å². The number of aromatic nitrogens is 2. The van der Waals surface area contributed by atoms with E-state index in [1.807, 2.05) is 11.8 Å². The summed E-state index contributed by atoms with van der Waals surface area (Å²) in [7, 11) is 0. The fraction of sp³-hybridized carbons (Fsp3) is 0.733. The number of H-pyrrole nitrogens is 1. The maximum Gasteiger partial charge on any atom is 0.274 e. The normalized spacial score (nSPS) is 22.1. The van der Waals surface area contributed by atoms with Gasteiger partial charge in [-0.3, -0.25) is 9.89 Å². The Morgan fingerprint density at radius 3 is 3.15 bits per heavy atom. The van der Waals surface area contributed by atoms with Crippen molar-refractivity contribution in [3.8, 4) is 0 Å². The van der Waals surface area contributed by atoms with Crippen LogP contribution in [0.4, 0.5) is 0 Å². The summed E-state index contributed by atoms with van der Waals surface area (Å²) in [5, 5.41) is 7.34. The van der Waals surface area contributed by atoms with Gasteiger partial charge in [0.2, 0.25) is 0 Å². The van der Waals surface area contributed by atoms with Crippen molar-refractivity contribution < 1.29 is 9.53 Å². The lowest BCUT2D eigenvalue weighted by atomic mass is 9.95. The monoisotopic (exact) mass is 277 g/mol. The summed E-state index contributed by atoms with van der Waals surface area (Å²) < 4.78 is 5.47. The van der Waals surface area contributed by atoms with Crippen LogP contribution in [0.25, 0.3) is 0 Å². The summed E-state index contributed by atoms with van der Waals surface area (Å²) >= 11 is 0. The second-order valence-corrected chi connectivity index (χ2v) is 5.80. The van der Waals surface area contributed by atoms with E-state index in [-0.39, 0.29) is 5.91 Å². The zero-order valence-electron chi connectivity index (χ0n) is 12.2. The van der Waals surface area contributed by atoms with Gasteiger partial charge in [-0.2, -0.15) is 5.10 Å². The molecule has 1 N–H and O–H groups in total. The van der Waals surface area contributed by atoms with Crippen molar-refractivity contribution in [2.24, 2.45) is 5.92 Å². The second-order valence-electron chi connectivity index (χ2n) is 5.80. The Labute approximate surface area is 119 Å². The number of amides is 1. The minimum atomic E-state index is 0.100. The van der Waals surface area contributed by atoms with Crippen LogP contribution in [0.5, 0.6) is 0 Å². The number of nitrogens with one attached hydrogen (secondary N) is 1. The summed E-state index contributed by atoms with van der Waals surface area (Å²) in [5.74, 6) is 0.581. The fourth-order valence-corrected chi connectivity index (χ4v) is 3.25. The van der Waals surface area contributed by atoms with E-state index in [1.165, 1.54) is 18.5 Å². The highest BCUT2D eigenvalue weighted by molar-refractivity contribution is 5.94. The Morgan fingerprint density at radius 1 is 1.45 bits per heavy atom. The average molecular weight is 277 g/mol. The third kappa shape index (κ3) is 2.59. The SMILES string of the molecule is CCOC[C@H]1CCN(C(=O)c2n[nH]c3c2CCCC3)C1. The highest BCUT2D eigenvalue weighted by Gasteiger charge is 2.30. The number of carbonyl (C=O) groups is 1. The Hall–Kier alpha value is -1.36. The molecule has 2 heterocycles. The van der Waals surface area contributed by atoms with Crippen molar-refractivity contribution in [3.05, 3.63) is 17.0 Å². The molecule has 3 rings (SSSR count). The summed E-state index contributed by atoms with van der Waals surface area (Å²) in [6, 6.07) is 0. The highest BCUT2D eigenvalue weighted by Crippen LogP contribution is 2.25. The van der Waals surface area contributed by atoms with Gasteiger partial charge in [-0.25, -0.2) is 0 Å². The van der Waals surface area contributed by atoms with E-state index in [0.717, 1.165) is 51.1 Å². The third-order valence-corrected chi connectivity index (χ3v) is 4.39. The minimum absolute atomic E-state index is 0.100. The molecule has 1 aliphatic carbocycles. The summed E-state index contributed by atoms with van der Waals surface area (Å²) in [5.41, 5.74) is 3.00. The molecule has 110 valence electrons. The van der Waals surface area contributed by atoms with Crippen molar-refractivity contribution in [1.29, 1.82) is 0 Å². The van der Waals surface area contributed by atoms with Gasteiger partial charge in [0.05, 0.1) is 6.61 Å². The van der Waals surface area contributed by atoms with Crippen molar-refractivity contribution in [3.63, 3.8) is 0 Å². The number of aryl methyl sites for hydroxylation is 1. The predicted octanol–water partition coefficient (Wildman–Crippen LogP) is 1.79. The van der Waals surface area contributed by atoms with E-state index in [4.69, 9.17) is 4.74 Å². The van der Waals surface area contributed by atoms with Gasteiger partial charge in [0.25, 0.3) is 5.91 Å².